The van der Waals surface area contributed by atoms with Gasteiger partial charge in [-0.1, -0.05) is 19.1 Å². The second-order valence-electron chi connectivity index (χ2n) is 6.56. The summed E-state index contributed by atoms with van der Waals surface area (Å²) in [6, 6.07) is 0. The van der Waals surface area contributed by atoms with Crippen LogP contribution in [-0.2, 0) is 4.79 Å². The SMILES string of the molecule is CC1C=C(C2=CC[C@H](F)CC2)[C@@H](C2CC2)C[C@H]1C=O. The predicted molar refractivity (Wildman–Crippen MR) is 74.5 cm³/mol. The molecule has 19 heavy (non-hydrogen) atoms. The number of carbonyl (C=O) groups excluding carboxylic acids is 1. The van der Waals surface area contributed by atoms with E-state index in [1.54, 1.807) is 0 Å². The summed E-state index contributed by atoms with van der Waals surface area (Å²) in [5.74, 6) is 1.87. The van der Waals surface area contributed by atoms with Crippen LogP contribution in [0, 0.1) is 23.7 Å². The topological polar surface area (TPSA) is 17.1 Å². The summed E-state index contributed by atoms with van der Waals surface area (Å²) in [5.41, 5.74) is 2.84. The Kier molecular flexibility index (Phi) is 3.60. The minimum absolute atomic E-state index is 0.187. The van der Waals surface area contributed by atoms with Crippen molar-refractivity contribution in [3.05, 3.63) is 23.3 Å². The lowest BCUT2D eigenvalue weighted by molar-refractivity contribution is -0.112. The molecule has 1 saturated carbocycles. The first kappa shape index (κ1) is 13.1. The molecule has 0 N–H and O–H groups in total. The van der Waals surface area contributed by atoms with Crippen molar-refractivity contribution in [2.75, 3.05) is 0 Å². The Morgan fingerprint density at radius 1 is 1.32 bits per heavy atom. The predicted octanol–water partition coefficient (Wildman–Crippen LogP) is 4.24. The van der Waals surface area contributed by atoms with Crippen molar-refractivity contribution in [1.29, 1.82) is 0 Å². The number of hydrogen-bond donors (Lipinski definition) is 0. The molecule has 1 nitrogen and oxygen atoms in total. The summed E-state index contributed by atoms with van der Waals surface area (Å²) in [7, 11) is 0. The highest BCUT2D eigenvalue weighted by Gasteiger charge is 2.39. The monoisotopic (exact) mass is 262 g/mol. The highest BCUT2D eigenvalue weighted by atomic mass is 19.1. The van der Waals surface area contributed by atoms with Crippen molar-refractivity contribution >= 4 is 6.29 Å². The summed E-state index contributed by atoms with van der Waals surface area (Å²) < 4.78 is 13.3. The zero-order chi connectivity index (χ0) is 13.4. The molecule has 2 heteroatoms. The van der Waals surface area contributed by atoms with Gasteiger partial charge in [-0.25, -0.2) is 4.39 Å². The molecular formula is C17H23FO. The first-order valence-electron chi connectivity index (χ1n) is 7.69. The van der Waals surface area contributed by atoms with Crippen LogP contribution in [0.25, 0.3) is 0 Å². The van der Waals surface area contributed by atoms with Gasteiger partial charge in [0.05, 0.1) is 0 Å². The molecule has 0 heterocycles. The van der Waals surface area contributed by atoms with E-state index < -0.39 is 6.17 Å². The Morgan fingerprint density at radius 2 is 2.11 bits per heavy atom. The number of carbonyl (C=O) groups is 1. The molecule has 0 bridgehead atoms. The van der Waals surface area contributed by atoms with Crippen molar-refractivity contribution in [2.45, 2.75) is 51.6 Å². The van der Waals surface area contributed by atoms with Crippen LogP contribution in [0.4, 0.5) is 4.39 Å². The quantitative estimate of drug-likeness (QED) is 0.695. The molecule has 0 radical (unpaired) electrons. The van der Waals surface area contributed by atoms with Gasteiger partial charge in [0.2, 0.25) is 0 Å². The molecule has 1 unspecified atom stereocenters. The summed E-state index contributed by atoms with van der Waals surface area (Å²) in [6.45, 7) is 2.14. The molecule has 3 rings (SSSR count). The molecule has 4 atom stereocenters. The number of allylic oxidation sites excluding steroid dienone is 4. The Labute approximate surface area is 115 Å². The van der Waals surface area contributed by atoms with Crippen LogP contribution in [0.1, 0.15) is 45.4 Å². The van der Waals surface area contributed by atoms with Gasteiger partial charge < -0.3 is 4.79 Å². The van der Waals surface area contributed by atoms with Crippen LogP contribution >= 0.6 is 0 Å². The van der Waals surface area contributed by atoms with E-state index in [0.29, 0.717) is 24.7 Å². The Bertz CT molecular complexity index is 419. The molecule has 0 spiro atoms. The van der Waals surface area contributed by atoms with Crippen LogP contribution < -0.4 is 0 Å². The molecule has 0 aliphatic heterocycles. The van der Waals surface area contributed by atoms with Crippen molar-refractivity contribution in [1.82, 2.24) is 0 Å². The maximum Gasteiger partial charge on any atom is 0.123 e. The van der Waals surface area contributed by atoms with Crippen LogP contribution in [-0.4, -0.2) is 12.5 Å². The van der Waals surface area contributed by atoms with Gasteiger partial charge in [-0.05, 0) is 67.4 Å². The maximum absolute atomic E-state index is 13.3. The van der Waals surface area contributed by atoms with Gasteiger partial charge in [-0.2, -0.15) is 0 Å². The number of hydrogen-bond acceptors (Lipinski definition) is 1. The molecule has 3 aliphatic rings. The van der Waals surface area contributed by atoms with E-state index in [1.165, 1.54) is 24.0 Å². The van der Waals surface area contributed by atoms with Crippen molar-refractivity contribution in [3.8, 4) is 0 Å². The largest absolute Gasteiger partial charge is 0.303 e. The Hall–Kier alpha value is -0.920. The van der Waals surface area contributed by atoms with Crippen LogP contribution in [0.5, 0.6) is 0 Å². The van der Waals surface area contributed by atoms with Gasteiger partial charge in [0.25, 0.3) is 0 Å². The smallest absolute Gasteiger partial charge is 0.123 e. The summed E-state index contributed by atoms with van der Waals surface area (Å²) in [6.07, 6.45) is 10.7. The number of alkyl halides is 1. The van der Waals surface area contributed by atoms with Crippen molar-refractivity contribution in [3.63, 3.8) is 0 Å². The Balaban J connectivity index is 1.86. The zero-order valence-corrected chi connectivity index (χ0v) is 11.6. The molecule has 3 aliphatic carbocycles. The molecule has 0 amide bonds. The fraction of sp³-hybridized carbons (Fsp3) is 0.706. The minimum Gasteiger partial charge on any atom is -0.303 e. The fourth-order valence-electron chi connectivity index (χ4n) is 3.70. The van der Waals surface area contributed by atoms with Crippen LogP contribution in [0.15, 0.2) is 23.3 Å². The normalized spacial score (nSPS) is 39.5. The number of halogens is 1. The molecular weight excluding hydrogens is 239 g/mol. The average Bonchev–Trinajstić information content (AvgIpc) is 3.24. The van der Waals surface area contributed by atoms with E-state index in [4.69, 9.17) is 0 Å². The molecule has 104 valence electrons. The van der Waals surface area contributed by atoms with E-state index in [9.17, 15) is 9.18 Å². The molecule has 0 aromatic carbocycles. The lowest BCUT2D eigenvalue weighted by Crippen LogP contribution is -2.26. The molecule has 1 fully saturated rings. The third-order valence-electron chi connectivity index (χ3n) is 5.13. The van der Waals surface area contributed by atoms with E-state index in [2.05, 4.69) is 19.1 Å². The van der Waals surface area contributed by atoms with Crippen LogP contribution in [0.3, 0.4) is 0 Å². The van der Waals surface area contributed by atoms with Gasteiger partial charge in [0.1, 0.15) is 12.5 Å². The zero-order valence-electron chi connectivity index (χ0n) is 11.6. The highest BCUT2D eigenvalue weighted by Crippen LogP contribution is 2.49. The molecule has 0 saturated heterocycles. The van der Waals surface area contributed by atoms with Gasteiger partial charge >= 0.3 is 0 Å². The minimum atomic E-state index is -0.646. The highest BCUT2D eigenvalue weighted by molar-refractivity contribution is 5.56. The number of aldehydes is 1. The first-order valence-corrected chi connectivity index (χ1v) is 7.69. The summed E-state index contributed by atoms with van der Waals surface area (Å²) >= 11 is 0. The lowest BCUT2D eigenvalue weighted by Gasteiger charge is -2.34. The second-order valence-corrected chi connectivity index (χ2v) is 6.56. The van der Waals surface area contributed by atoms with E-state index in [0.717, 1.165) is 25.0 Å². The average molecular weight is 262 g/mol. The molecule has 0 aromatic rings. The maximum atomic E-state index is 13.3. The van der Waals surface area contributed by atoms with E-state index >= 15 is 0 Å². The van der Waals surface area contributed by atoms with Crippen LogP contribution in [0.2, 0.25) is 0 Å². The van der Waals surface area contributed by atoms with Gasteiger partial charge in [-0.15, -0.1) is 0 Å². The van der Waals surface area contributed by atoms with Gasteiger partial charge in [0, 0.05) is 5.92 Å². The summed E-state index contributed by atoms with van der Waals surface area (Å²) in [5, 5.41) is 0. The lowest BCUT2D eigenvalue weighted by atomic mass is 9.71. The third kappa shape index (κ3) is 2.68. The molecule has 0 aromatic heterocycles. The standard InChI is InChI=1S/C17H23FO/c1-11-8-16(13-4-6-15(18)7-5-13)17(12-2-3-12)9-14(11)10-19/h4,8,10-12,14-15,17H,2-3,5-7,9H2,1H3/t11?,14-,15-,17+/m0/s1. The van der Waals surface area contributed by atoms with Crippen molar-refractivity contribution < 1.29 is 9.18 Å². The fourth-order valence-corrected chi connectivity index (χ4v) is 3.70. The van der Waals surface area contributed by atoms with E-state index in [1.807, 2.05) is 0 Å². The van der Waals surface area contributed by atoms with E-state index in [-0.39, 0.29) is 5.92 Å². The second kappa shape index (κ2) is 5.22. The third-order valence-corrected chi connectivity index (χ3v) is 5.13. The summed E-state index contributed by atoms with van der Waals surface area (Å²) in [4.78, 5) is 11.2. The number of rotatable bonds is 3. The van der Waals surface area contributed by atoms with Gasteiger partial charge in [0.15, 0.2) is 0 Å². The first-order chi connectivity index (χ1) is 9.19. The Morgan fingerprint density at radius 3 is 2.68 bits per heavy atom. The van der Waals surface area contributed by atoms with Gasteiger partial charge in [-0.3, -0.25) is 0 Å². The van der Waals surface area contributed by atoms with Crippen molar-refractivity contribution in [2.24, 2.45) is 23.7 Å².